The third kappa shape index (κ3) is 1.61. The van der Waals surface area contributed by atoms with E-state index >= 15 is 0 Å². The Hall–Kier alpha value is -0.160. The molecule has 5 unspecified atom stereocenters. The predicted molar refractivity (Wildman–Crippen MR) is 44.6 cm³/mol. The van der Waals surface area contributed by atoms with E-state index in [1.165, 1.54) is 0 Å². The quantitative estimate of drug-likeness (QED) is 0.482. The number of hydrogen-bond donors (Lipinski definition) is 3. The molecule has 0 amide bonds. The van der Waals surface area contributed by atoms with Crippen molar-refractivity contribution in [3.05, 3.63) is 0 Å². The van der Waals surface area contributed by atoms with E-state index in [9.17, 15) is 10.2 Å². The first-order valence-electron chi connectivity index (χ1n) is 4.29. The minimum Gasteiger partial charge on any atom is -0.390 e. The topological polar surface area (TPSA) is 75.7 Å². The highest BCUT2D eigenvalue weighted by molar-refractivity contribution is 4.88. The third-order valence-electron chi connectivity index (χ3n) is 2.63. The van der Waals surface area contributed by atoms with Crippen LogP contribution in [0.4, 0.5) is 0 Å². The van der Waals surface area contributed by atoms with Gasteiger partial charge in [0.2, 0.25) is 0 Å². The standard InChI is InChI=1S/C8H17NO3/c1-4-5(2)12-6(3-9)8(11)7(4)10/h4-8,10-11H,3,9H2,1-2H3. The minimum absolute atomic E-state index is 0.0391. The molecule has 1 rings (SSSR count). The molecule has 0 saturated carbocycles. The maximum atomic E-state index is 9.53. The van der Waals surface area contributed by atoms with E-state index < -0.39 is 18.3 Å². The zero-order chi connectivity index (χ0) is 9.30. The molecule has 1 aliphatic heterocycles. The number of hydrogen-bond acceptors (Lipinski definition) is 4. The van der Waals surface area contributed by atoms with E-state index in [0.29, 0.717) is 0 Å². The van der Waals surface area contributed by atoms with Crippen LogP contribution in [0, 0.1) is 5.92 Å². The summed E-state index contributed by atoms with van der Waals surface area (Å²) in [6, 6.07) is 0. The van der Waals surface area contributed by atoms with Crippen LogP contribution < -0.4 is 5.73 Å². The fraction of sp³-hybridized carbons (Fsp3) is 1.00. The van der Waals surface area contributed by atoms with Gasteiger partial charge in [-0.1, -0.05) is 6.92 Å². The van der Waals surface area contributed by atoms with Crippen molar-refractivity contribution in [3.8, 4) is 0 Å². The Balaban J connectivity index is 2.63. The van der Waals surface area contributed by atoms with Gasteiger partial charge in [0.05, 0.1) is 18.3 Å². The van der Waals surface area contributed by atoms with Gasteiger partial charge >= 0.3 is 0 Å². The molecule has 72 valence electrons. The lowest BCUT2D eigenvalue weighted by Gasteiger charge is -2.39. The van der Waals surface area contributed by atoms with E-state index in [4.69, 9.17) is 10.5 Å². The smallest absolute Gasteiger partial charge is 0.108 e. The molecule has 4 N–H and O–H groups in total. The molecule has 4 nitrogen and oxygen atoms in total. The molecular weight excluding hydrogens is 158 g/mol. The van der Waals surface area contributed by atoms with Crippen molar-refractivity contribution < 1.29 is 14.9 Å². The molecule has 0 aromatic carbocycles. The largest absolute Gasteiger partial charge is 0.390 e. The third-order valence-corrected chi connectivity index (χ3v) is 2.63. The summed E-state index contributed by atoms with van der Waals surface area (Å²) in [6.45, 7) is 3.98. The summed E-state index contributed by atoms with van der Waals surface area (Å²) in [5.74, 6) is -0.0391. The van der Waals surface area contributed by atoms with Crippen LogP contribution in [0.1, 0.15) is 13.8 Å². The lowest BCUT2D eigenvalue weighted by atomic mass is 9.89. The summed E-state index contributed by atoms with van der Waals surface area (Å²) >= 11 is 0. The van der Waals surface area contributed by atoms with Gasteiger partial charge in [0, 0.05) is 12.5 Å². The maximum absolute atomic E-state index is 9.53. The van der Waals surface area contributed by atoms with Gasteiger partial charge in [0.15, 0.2) is 0 Å². The molecule has 0 radical (unpaired) electrons. The molecule has 1 fully saturated rings. The highest BCUT2D eigenvalue weighted by atomic mass is 16.5. The van der Waals surface area contributed by atoms with Crippen LogP contribution in [0.15, 0.2) is 0 Å². The van der Waals surface area contributed by atoms with Crippen molar-refractivity contribution in [1.29, 1.82) is 0 Å². The Morgan fingerprint density at radius 2 is 1.83 bits per heavy atom. The summed E-state index contributed by atoms with van der Waals surface area (Å²) in [5.41, 5.74) is 5.37. The zero-order valence-corrected chi connectivity index (χ0v) is 7.47. The van der Waals surface area contributed by atoms with Crippen LogP contribution in [-0.4, -0.2) is 41.2 Å². The maximum Gasteiger partial charge on any atom is 0.108 e. The van der Waals surface area contributed by atoms with E-state index in [1.807, 2.05) is 13.8 Å². The van der Waals surface area contributed by atoms with Crippen molar-refractivity contribution in [2.24, 2.45) is 11.7 Å². The van der Waals surface area contributed by atoms with Gasteiger partial charge in [-0.2, -0.15) is 0 Å². The van der Waals surface area contributed by atoms with Crippen LogP contribution in [0.5, 0.6) is 0 Å². The average Bonchev–Trinajstić information content (AvgIpc) is 2.08. The number of aliphatic hydroxyl groups excluding tert-OH is 2. The van der Waals surface area contributed by atoms with Crippen molar-refractivity contribution in [3.63, 3.8) is 0 Å². The minimum atomic E-state index is -0.846. The Morgan fingerprint density at radius 1 is 1.25 bits per heavy atom. The SMILES string of the molecule is CC1OC(CN)C(O)C(O)C1C. The molecule has 0 bridgehead atoms. The second-order valence-corrected chi connectivity index (χ2v) is 3.46. The first-order valence-corrected chi connectivity index (χ1v) is 4.29. The van der Waals surface area contributed by atoms with Gasteiger partial charge in [-0.05, 0) is 6.92 Å². The fourth-order valence-corrected chi connectivity index (χ4v) is 1.48. The van der Waals surface area contributed by atoms with Crippen molar-refractivity contribution >= 4 is 0 Å². The Labute approximate surface area is 72.3 Å². The lowest BCUT2D eigenvalue weighted by molar-refractivity contribution is -0.187. The zero-order valence-electron chi connectivity index (χ0n) is 7.47. The molecule has 1 aliphatic rings. The highest BCUT2D eigenvalue weighted by Gasteiger charge is 2.39. The van der Waals surface area contributed by atoms with Crippen LogP contribution >= 0.6 is 0 Å². The van der Waals surface area contributed by atoms with Crippen molar-refractivity contribution in [2.75, 3.05) is 6.54 Å². The Kier molecular flexibility index (Phi) is 3.06. The van der Waals surface area contributed by atoms with Crippen LogP contribution in [0.25, 0.3) is 0 Å². The number of rotatable bonds is 1. The average molecular weight is 175 g/mol. The number of nitrogens with two attached hydrogens (primary N) is 1. The molecule has 1 heterocycles. The van der Waals surface area contributed by atoms with Crippen LogP contribution in [0.2, 0.25) is 0 Å². The van der Waals surface area contributed by atoms with E-state index in [-0.39, 0.29) is 18.6 Å². The summed E-state index contributed by atoms with van der Waals surface area (Å²) in [5, 5.41) is 19.0. The molecule has 0 aliphatic carbocycles. The number of ether oxygens (including phenoxy) is 1. The Morgan fingerprint density at radius 3 is 2.33 bits per heavy atom. The summed E-state index contributed by atoms with van der Waals surface area (Å²) in [6.07, 6.45) is -2.04. The number of aliphatic hydroxyl groups is 2. The fourth-order valence-electron chi connectivity index (χ4n) is 1.48. The summed E-state index contributed by atoms with van der Waals surface area (Å²) in [4.78, 5) is 0. The molecule has 5 atom stereocenters. The second-order valence-electron chi connectivity index (χ2n) is 3.46. The molecule has 4 heteroatoms. The molecule has 12 heavy (non-hydrogen) atoms. The molecule has 0 aromatic heterocycles. The van der Waals surface area contributed by atoms with Gasteiger partial charge in [0.25, 0.3) is 0 Å². The van der Waals surface area contributed by atoms with Crippen molar-refractivity contribution in [1.82, 2.24) is 0 Å². The van der Waals surface area contributed by atoms with Gasteiger partial charge in [-0.25, -0.2) is 0 Å². The predicted octanol–water partition coefficient (Wildman–Crippen LogP) is -0.910. The molecule has 0 spiro atoms. The van der Waals surface area contributed by atoms with E-state index in [0.717, 1.165) is 0 Å². The molecule has 1 saturated heterocycles. The van der Waals surface area contributed by atoms with Crippen molar-refractivity contribution in [2.45, 2.75) is 38.3 Å². The van der Waals surface area contributed by atoms with Gasteiger partial charge < -0.3 is 20.7 Å². The highest BCUT2D eigenvalue weighted by Crippen LogP contribution is 2.24. The first-order chi connectivity index (χ1) is 5.57. The van der Waals surface area contributed by atoms with Gasteiger partial charge in [-0.15, -0.1) is 0 Å². The van der Waals surface area contributed by atoms with Crippen LogP contribution in [-0.2, 0) is 4.74 Å². The molecular formula is C8H17NO3. The molecule has 0 aromatic rings. The second kappa shape index (κ2) is 3.70. The van der Waals surface area contributed by atoms with Crippen LogP contribution in [0.3, 0.4) is 0 Å². The Bertz CT molecular complexity index is 148. The van der Waals surface area contributed by atoms with E-state index in [1.54, 1.807) is 0 Å². The van der Waals surface area contributed by atoms with E-state index in [2.05, 4.69) is 0 Å². The normalized spacial score (nSPS) is 49.2. The first kappa shape index (κ1) is 9.92. The lowest BCUT2D eigenvalue weighted by Crippen LogP contribution is -2.54. The summed E-state index contributed by atoms with van der Waals surface area (Å²) < 4.78 is 5.40. The van der Waals surface area contributed by atoms with Gasteiger partial charge in [-0.3, -0.25) is 0 Å². The van der Waals surface area contributed by atoms with Gasteiger partial charge in [0.1, 0.15) is 6.10 Å². The summed E-state index contributed by atoms with van der Waals surface area (Å²) in [7, 11) is 0. The monoisotopic (exact) mass is 175 g/mol.